The third-order valence-corrected chi connectivity index (χ3v) is 6.29. The normalized spacial score (nSPS) is 17.1. The van der Waals surface area contributed by atoms with E-state index in [1.54, 1.807) is 17.0 Å². The molecular formula is C23H21N3O3S. The smallest absolute Gasteiger partial charge is 0.309 e. The van der Waals surface area contributed by atoms with E-state index in [9.17, 15) is 9.59 Å². The number of aryl methyl sites for hydroxylation is 1. The molecule has 2 aromatic rings. The van der Waals surface area contributed by atoms with Crippen LogP contribution < -0.4 is 9.80 Å². The molecular weight excluding hydrogens is 398 g/mol. The molecule has 1 amide bonds. The summed E-state index contributed by atoms with van der Waals surface area (Å²) in [6, 6.07) is 12.9. The number of anilines is 2. The predicted octanol–water partition coefficient (Wildman–Crippen LogP) is 4.32. The van der Waals surface area contributed by atoms with Crippen molar-refractivity contribution in [3.05, 3.63) is 65.0 Å². The fourth-order valence-corrected chi connectivity index (χ4v) is 4.58. The van der Waals surface area contributed by atoms with Gasteiger partial charge in [0.15, 0.2) is 10.8 Å². The van der Waals surface area contributed by atoms with Gasteiger partial charge in [-0.15, -0.1) is 0 Å². The van der Waals surface area contributed by atoms with Crippen LogP contribution in [0.4, 0.5) is 17.1 Å². The minimum atomic E-state index is -0.659. The second kappa shape index (κ2) is 7.54. The fourth-order valence-electron chi connectivity index (χ4n) is 4.11. The number of methoxy groups -OCH3 is 1. The largest absolute Gasteiger partial charge is 0.469 e. The van der Waals surface area contributed by atoms with Gasteiger partial charge < -0.3 is 9.64 Å². The number of amides is 1. The summed E-state index contributed by atoms with van der Waals surface area (Å²) in [6.07, 6.45) is 2.65. The number of carbonyl (C=O) groups excluding carboxylic acids is 2. The Balaban J connectivity index is 1.69. The molecule has 2 aromatic carbocycles. The summed E-state index contributed by atoms with van der Waals surface area (Å²) in [5.41, 5.74) is 3.07. The van der Waals surface area contributed by atoms with Gasteiger partial charge in [-0.05, 0) is 73.8 Å². The first-order valence-corrected chi connectivity index (χ1v) is 10.1. The monoisotopic (exact) mass is 419 g/mol. The van der Waals surface area contributed by atoms with E-state index < -0.39 is 5.54 Å². The van der Waals surface area contributed by atoms with Gasteiger partial charge in [0, 0.05) is 11.4 Å². The molecule has 1 saturated carbocycles. The van der Waals surface area contributed by atoms with Crippen LogP contribution in [-0.4, -0.2) is 29.6 Å². The first kappa shape index (κ1) is 20.0. The van der Waals surface area contributed by atoms with E-state index in [4.69, 9.17) is 23.5 Å². The third-order valence-electron chi connectivity index (χ3n) is 5.92. The topological polar surface area (TPSA) is 54.2 Å². The lowest BCUT2D eigenvalue weighted by atomic mass is 9.75. The van der Waals surface area contributed by atoms with E-state index in [1.165, 1.54) is 7.11 Å². The first-order chi connectivity index (χ1) is 14.4. The van der Waals surface area contributed by atoms with Crippen molar-refractivity contribution in [3.8, 4) is 0 Å². The molecule has 0 bridgehead atoms. The molecule has 0 N–H and O–H groups in total. The maximum Gasteiger partial charge on any atom is 0.309 e. The van der Waals surface area contributed by atoms with Crippen LogP contribution in [0.3, 0.4) is 0 Å². The van der Waals surface area contributed by atoms with Gasteiger partial charge in [-0.1, -0.05) is 18.2 Å². The molecule has 1 aliphatic heterocycles. The van der Waals surface area contributed by atoms with Crippen LogP contribution in [0.1, 0.15) is 30.4 Å². The minimum Gasteiger partial charge on any atom is -0.469 e. The van der Waals surface area contributed by atoms with Gasteiger partial charge >= 0.3 is 5.97 Å². The Bertz CT molecular complexity index is 1080. The number of ether oxygens (including phenoxy) is 1. The summed E-state index contributed by atoms with van der Waals surface area (Å²) < 4.78 is 4.72. The maximum absolute atomic E-state index is 13.5. The molecule has 7 heteroatoms. The minimum absolute atomic E-state index is 0.0210. The van der Waals surface area contributed by atoms with Gasteiger partial charge in [0.1, 0.15) is 5.54 Å². The van der Waals surface area contributed by atoms with Crippen molar-refractivity contribution in [2.75, 3.05) is 16.9 Å². The number of hydrogen-bond acceptors (Lipinski definition) is 4. The molecule has 2 fully saturated rings. The summed E-state index contributed by atoms with van der Waals surface area (Å²) in [6.45, 7) is 9.10. The third kappa shape index (κ3) is 3.04. The number of benzene rings is 2. The predicted molar refractivity (Wildman–Crippen MR) is 119 cm³/mol. The molecule has 152 valence electrons. The number of esters is 1. The zero-order valence-corrected chi connectivity index (χ0v) is 17.7. The Morgan fingerprint density at radius 1 is 1.20 bits per heavy atom. The summed E-state index contributed by atoms with van der Waals surface area (Å²) in [7, 11) is 1.37. The Hall–Kier alpha value is -3.24. The van der Waals surface area contributed by atoms with Crippen LogP contribution in [0.5, 0.6) is 0 Å². The van der Waals surface area contributed by atoms with Gasteiger partial charge in [-0.3, -0.25) is 14.5 Å². The molecule has 30 heavy (non-hydrogen) atoms. The summed E-state index contributed by atoms with van der Waals surface area (Å²) in [5, 5.41) is 0.440. The fraction of sp³-hybridized carbons (Fsp3) is 0.304. The van der Waals surface area contributed by atoms with Crippen molar-refractivity contribution < 1.29 is 14.3 Å². The van der Waals surface area contributed by atoms with Gasteiger partial charge in [0.05, 0.1) is 20.1 Å². The lowest BCUT2D eigenvalue weighted by Crippen LogP contribution is -2.55. The van der Waals surface area contributed by atoms with Crippen LogP contribution in [0.2, 0.25) is 0 Å². The summed E-state index contributed by atoms with van der Waals surface area (Å²) in [4.78, 5) is 32.1. The van der Waals surface area contributed by atoms with Crippen molar-refractivity contribution >= 4 is 46.3 Å². The number of hydrogen-bond donors (Lipinski definition) is 0. The molecule has 0 atom stereocenters. The van der Waals surface area contributed by atoms with Gasteiger partial charge in [-0.25, -0.2) is 4.85 Å². The Morgan fingerprint density at radius 2 is 1.87 bits per heavy atom. The Morgan fingerprint density at radius 3 is 2.40 bits per heavy atom. The first-order valence-electron chi connectivity index (χ1n) is 9.74. The lowest BCUT2D eigenvalue weighted by molar-refractivity contribution is -0.139. The van der Waals surface area contributed by atoms with Crippen LogP contribution in [0, 0.1) is 13.5 Å². The van der Waals surface area contributed by atoms with Crippen molar-refractivity contribution in [1.29, 1.82) is 0 Å². The lowest BCUT2D eigenvalue weighted by Gasteiger charge is -2.43. The highest BCUT2D eigenvalue weighted by atomic mass is 32.1. The highest BCUT2D eigenvalue weighted by Gasteiger charge is 2.59. The second-order valence-electron chi connectivity index (χ2n) is 7.65. The molecule has 1 spiro atoms. The molecule has 6 nitrogen and oxygen atoms in total. The van der Waals surface area contributed by atoms with Crippen molar-refractivity contribution in [2.45, 2.75) is 38.1 Å². The van der Waals surface area contributed by atoms with Crippen LogP contribution in [0.15, 0.2) is 42.5 Å². The van der Waals surface area contributed by atoms with Crippen LogP contribution in [0.25, 0.3) is 4.85 Å². The second-order valence-corrected chi connectivity index (χ2v) is 8.01. The van der Waals surface area contributed by atoms with Gasteiger partial charge in [0.2, 0.25) is 0 Å². The standard InChI is InChI=1S/C23H21N3O3S/c1-15-13-18(9-10-19(15)24-2)25-21(28)23(11-4-12-23)26(22(25)30)17-7-5-16(6-8-17)14-20(27)29-3/h5-10,13H,4,11-12,14H2,1,3H3. The average Bonchev–Trinajstić information content (AvgIpc) is 2.95. The zero-order valence-electron chi connectivity index (χ0n) is 16.8. The quantitative estimate of drug-likeness (QED) is 0.420. The summed E-state index contributed by atoms with van der Waals surface area (Å²) >= 11 is 5.77. The molecule has 4 rings (SSSR count). The number of carbonyl (C=O) groups is 2. The van der Waals surface area contributed by atoms with E-state index in [2.05, 4.69) is 4.85 Å². The number of thiocarbonyl (C=S) groups is 1. The maximum atomic E-state index is 13.5. The molecule has 2 aliphatic rings. The SMILES string of the molecule is [C-]#[N+]c1ccc(N2C(=O)C3(CCC3)N(c3ccc(CC(=O)OC)cc3)C2=S)cc1C. The van der Waals surface area contributed by atoms with E-state index in [0.29, 0.717) is 16.5 Å². The van der Waals surface area contributed by atoms with Gasteiger partial charge in [-0.2, -0.15) is 0 Å². The Kier molecular flexibility index (Phi) is 5.04. The molecule has 1 heterocycles. The average molecular weight is 420 g/mol. The molecule has 1 saturated heterocycles. The Labute approximate surface area is 180 Å². The van der Waals surface area contributed by atoms with Crippen LogP contribution in [-0.2, 0) is 20.7 Å². The van der Waals surface area contributed by atoms with Gasteiger partial charge in [0.25, 0.3) is 5.91 Å². The summed E-state index contributed by atoms with van der Waals surface area (Å²) in [5.74, 6) is -0.318. The number of rotatable bonds is 4. The van der Waals surface area contributed by atoms with E-state index in [0.717, 1.165) is 36.1 Å². The zero-order chi connectivity index (χ0) is 21.5. The molecule has 1 aliphatic carbocycles. The van der Waals surface area contributed by atoms with E-state index in [1.807, 2.05) is 42.2 Å². The highest BCUT2D eigenvalue weighted by molar-refractivity contribution is 7.81. The van der Waals surface area contributed by atoms with Crippen molar-refractivity contribution in [2.24, 2.45) is 0 Å². The van der Waals surface area contributed by atoms with Crippen molar-refractivity contribution in [3.63, 3.8) is 0 Å². The van der Waals surface area contributed by atoms with E-state index in [-0.39, 0.29) is 18.3 Å². The number of nitrogens with zero attached hydrogens (tertiary/aromatic N) is 3. The molecule has 0 unspecified atom stereocenters. The molecule has 0 radical (unpaired) electrons. The van der Waals surface area contributed by atoms with Crippen LogP contribution >= 0.6 is 12.2 Å². The van der Waals surface area contributed by atoms with E-state index >= 15 is 0 Å². The highest BCUT2D eigenvalue weighted by Crippen LogP contribution is 2.48. The van der Waals surface area contributed by atoms with Crippen molar-refractivity contribution in [1.82, 2.24) is 0 Å². The molecule has 0 aromatic heterocycles.